The van der Waals surface area contributed by atoms with Gasteiger partial charge in [-0.2, -0.15) is 0 Å². The van der Waals surface area contributed by atoms with Gasteiger partial charge in [-0.25, -0.2) is 4.79 Å². The molecule has 0 bridgehead atoms. The van der Waals surface area contributed by atoms with Crippen molar-refractivity contribution in [2.24, 2.45) is 0 Å². The Bertz CT molecular complexity index is 705. The Morgan fingerprint density at radius 3 is 2.52 bits per heavy atom. The van der Waals surface area contributed by atoms with E-state index in [9.17, 15) is 4.79 Å². The highest BCUT2D eigenvalue weighted by Crippen LogP contribution is 2.21. The minimum Gasteiger partial charge on any atom is -0.492 e. The van der Waals surface area contributed by atoms with Gasteiger partial charge in [0.1, 0.15) is 12.4 Å². The molecule has 0 fully saturated rings. The van der Waals surface area contributed by atoms with Gasteiger partial charge in [-0.05, 0) is 55.3 Å². The fourth-order valence-electron chi connectivity index (χ4n) is 1.89. The lowest BCUT2D eigenvalue weighted by Crippen LogP contribution is -2.32. The van der Waals surface area contributed by atoms with Crippen molar-refractivity contribution in [1.82, 2.24) is 5.32 Å². The number of amides is 2. The maximum absolute atomic E-state index is 11.8. The summed E-state index contributed by atoms with van der Waals surface area (Å²) in [5.74, 6) is 0.722. The molecule has 2 rings (SSSR count). The van der Waals surface area contributed by atoms with Gasteiger partial charge in [-0.3, -0.25) is 0 Å². The highest BCUT2D eigenvalue weighted by atomic mass is 35.5. The number of nitrogens with one attached hydrogen (secondary N) is 2. The van der Waals surface area contributed by atoms with Crippen LogP contribution in [0.15, 0.2) is 36.4 Å². The predicted octanol–water partition coefficient (Wildman–Crippen LogP) is 4.81. The molecule has 0 radical (unpaired) electrons. The second-order valence-corrected chi connectivity index (χ2v) is 5.92. The van der Waals surface area contributed by atoms with E-state index in [1.54, 1.807) is 24.3 Å². The van der Waals surface area contributed by atoms with Crippen molar-refractivity contribution in [2.75, 3.05) is 18.5 Å². The lowest BCUT2D eigenvalue weighted by Gasteiger charge is -2.10. The second kappa shape index (κ2) is 8.09. The van der Waals surface area contributed by atoms with Crippen LogP contribution in [-0.4, -0.2) is 19.2 Å². The molecule has 0 aromatic heterocycles. The fourth-order valence-corrected chi connectivity index (χ4v) is 2.18. The Morgan fingerprint density at radius 1 is 1.04 bits per heavy atom. The van der Waals surface area contributed by atoms with Crippen LogP contribution in [0, 0.1) is 13.8 Å². The molecule has 0 atom stereocenters. The third-order valence-electron chi connectivity index (χ3n) is 3.22. The number of anilines is 1. The first-order chi connectivity index (χ1) is 11.0. The zero-order valence-electron chi connectivity index (χ0n) is 13.0. The maximum atomic E-state index is 11.8. The number of hydrogen-bond donors (Lipinski definition) is 2. The van der Waals surface area contributed by atoms with E-state index in [4.69, 9.17) is 27.9 Å². The molecule has 122 valence electrons. The summed E-state index contributed by atoms with van der Waals surface area (Å²) in [6.07, 6.45) is 0. The highest BCUT2D eigenvalue weighted by Gasteiger charge is 2.04. The van der Waals surface area contributed by atoms with E-state index in [1.165, 1.54) is 0 Å². The molecule has 0 saturated heterocycles. The van der Waals surface area contributed by atoms with Crippen LogP contribution in [0.25, 0.3) is 0 Å². The van der Waals surface area contributed by atoms with Gasteiger partial charge < -0.3 is 15.4 Å². The van der Waals surface area contributed by atoms with Gasteiger partial charge in [0, 0.05) is 15.7 Å². The minimum absolute atomic E-state index is 0.305. The number of benzene rings is 2. The zero-order chi connectivity index (χ0) is 16.8. The number of aryl methyl sites for hydroxylation is 2. The van der Waals surface area contributed by atoms with Gasteiger partial charge in [-0.15, -0.1) is 0 Å². The topological polar surface area (TPSA) is 50.4 Å². The van der Waals surface area contributed by atoms with Gasteiger partial charge in [0.05, 0.1) is 6.54 Å². The molecule has 2 aromatic rings. The van der Waals surface area contributed by atoms with E-state index in [2.05, 4.69) is 10.6 Å². The monoisotopic (exact) mass is 352 g/mol. The fraction of sp³-hybridized carbons (Fsp3) is 0.235. The van der Waals surface area contributed by atoms with E-state index < -0.39 is 0 Å². The molecule has 4 nitrogen and oxygen atoms in total. The standard InChI is InChI=1S/C17H18Cl2N2O2/c1-11-3-4-13(10-16(11)19)21-17(22)20-7-8-23-14-5-6-15(18)12(2)9-14/h3-6,9-10H,7-8H2,1-2H3,(H2,20,21,22). The van der Waals surface area contributed by atoms with Gasteiger partial charge in [-0.1, -0.05) is 29.3 Å². The minimum atomic E-state index is -0.305. The van der Waals surface area contributed by atoms with Crippen LogP contribution in [0.3, 0.4) is 0 Å². The number of hydrogen-bond acceptors (Lipinski definition) is 2. The van der Waals surface area contributed by atoms with Crippen molar-refractivity contribution < 1.29 is 9.53 Å². The average Bonchev–Trinajstić information content (AvgIpc) is 2.51. The molecule has 2 amide bonds. The third kappa shape index (κ3) is 5.34. The molecule has 0 saturated carbocycles. The van der Waals surface area contributed by atoms with Gasteiger partial charge in [0.2, 0.25) is 0 Å². The second-order valence-electron chi connectivity index (χ2n) is 5.10. The summed E-state index contributed by atoms with van der Waals surface area (Å²) in [6.45, 7) is 4.56. The molecule has 0 aliphatic rings. The molecule has 0 aliphatic carbocycles. The van der Waals surface area contributed by atoms with Crippen LogP contribution in [0.5, 0.6) is 5.75 Å². The third-order valence-corrected chi connectivity index (χ3v) is 4.05. The average molecular weight is 353 g/mol. The van der Waals surface area contributed by atoms with Crippen LogP contribution in [-0.2, 0) is 0 Å². The molecule has 23 heavy (non-hydrogen) atoms. The quantitative estimate of drug-likeness (QED) is 0.758. The van der Waals surface area contributed by atoms with Crippen LogP contribution >= 0.6 is 23.2 Å². The molecular weight excluding hydrogens is 335 g/mol. The van der Waals surface area contributed by atoms with E-state index in [-0.39, 0.29) is 6.03 Å². The lowest BCUT2D eigenvalue weighted by atomic mass is 10.2. The lowest BCUT2D eigenvalue weighted by molar-refractivity contribution is 0.247. The SMILES string of the molecule is Cc1cc(OCCNC(=O)Nc2ccc(C)c(Cl)c2)ccc1Cl. The van der Waals surface area contributed by atoms with E-state index in [0.29, 0.717) is 28.9 Å². The molecule has 0 unspecified atom stereocenters. The van der Waals surface area contributed by atoms with E-state index in [0.717, 1.165) is 16.9 Å². The molecule has 0 aliphatic heterocycles. The Balaban J connectivity index is 1.74. The Hall–Kier alpha value is -1.91. The Kier molecular flexibility index (Phi) is 6.13. The summed E-state index contributed by atoms with van der Waals surface area (Å²) in [5, 5.41) is 6.75. The predicted molar refractivity (Wildman–Crippen MR) is 94.9 cm³/mol. The summed E-state index contributed by atoms with van der Waals surface area (Å²) in [7, 11) is 0. The van der Waals surface area contributed by atoms with Crippen molar-refractivity contribution in [1.29, 1.82) is 0 Å². The largest absolute Gasteiger partial charge is 0.492 e. The number of ether oxygens (including phenoxy) is 1. The summed E-state index contributed by atoms with van der Waals surface area (Å²) < 4.78 is 5.56. The Labute approximate surface area is 145 Å². The summed E-state index contributed by atoms with van der Waals surface area (Å²) in [4.78, 5) is 11.8. The molecular formula is C17H18Cl2N2O2. The van der Waals surface area contributed by atoms with Crippen molar-refractivity contribution >= 4 is 34.9 Å². The summed E-state index contributed by atoms with van der Waals surface area (Å²) in [6, 6.07) is 10.5. The number of urea groups is 1. The molecule has 0 spiro atoms. The smallest absolute Gasteiger partial charge is 0.319 e. The van der Waals surface area contributed by atoms with Gasteiger partial charge in [0.25, 0.3) is 0 Å². The number of rotatable bonds is 5. The zero-order valence-corrected chi connectivity index (χ0v) is 14.5. The highest BCUT2D eigenvalue weighted by molar-refractivity contribution is 6.31. The van der Waals surface area contributed by atoms with E-state index >= 15 is 0 Å². The maximum Gasteiger partial charge on any atom is 0.319 e. The van der Waals surface area contributed by atoms with Gasteiger partial charge in [0.15, 0.2) is 0 Å². The molecule has 0 heterocycles. The molecule has 2 aromatic carbocycles. The van der Waals surface area contributed by atoms with Crippen molar-refractivity contribution in [3.8, 4) is 5.75 Å². The number of carbonyl (C=O) groups is 1. The molecule has 2 N–H and O–H groups in total. The van der Waals surface area contributed by atoms with Crippen molar-refractivity contribution in [2.45, 2.75) is 13.8 Å². The first-order valence-corrected chi connectivity index (χ1v) is 7.91. The van der Waals surface area contributed by atoms with Crippen LogP contribution in [0.4, 0.5) is 10.5 Å². The van der Waals surface area contributed by atoms with E-state index in [1.807, 2.05) is 26.0 Å². The molecule has 6 heteroatoms. The first-order valence-electron chi connectivity index (χ1n) is 7.15. The van der Waals surface area contributed by atoms with Crippen LogP contribution in [0.2, 0.25) is 10.0 Å². The number of carbonyl (C=O) groups excluding carboxylic acids is 1. The summed E-state index contributed by atoms with van der Waals surface area (Å²) in [5.41, 5.74) is 2.56. The van der Waals surface area contributed by atoms with Crippen LogP contribution in [0.1, 0.15) is 11.1 Å². The Morgan fingerprint density at radius 2 is 1.83 bits per heavy atom. The van der Waals surface area contributed by atoms with Gasteiger partial charge >= 0.3 is 6.03 Å². The normalized spacial score (nSPS) is 10.3. The number of halogens is 2. The summed E-state index contributed by atoms with van der Waals surface area (Å²) >= 11 is 12.0. The van der Waals surface area contributed by atoms with Crippen LogP contribution < -0.4 is 15.4 Å². The van der Waals surface area contributed by atoms with Crippen molar-refractivity contribution in [3.05, 3.63) is 57.6 Å². The van der Waals surface area contributed by atoms with Crippen molar-refractivity contribution in [3.63, 3.8) is 0 Å². The first kappa shape index (κ1) is 17.4.